The van der Waals surface area contributed by atoms with Crippen LogP contribution in [-0.4, -0.2) is 59.0 Å². The van der Waals surface area contributed by atoms with Crippen molar-refractivity contribution in [2.24, 2.45) is 7.05 Å². The molecule has 1 aliphatic rings. The maximum atomic E-state index is 13.1. The van der Waals surface area contributed by atoms with E-state index in [4.69, 9.17) is 0 Å². The fourth-order valence-corrected chi connectivity index (χ4v) is 5.32. The lowest BCUT2D eigenvalue weighted by Gasteiger charge is -2.28. The van der Waals surface area contributed by atoms with Crippen LogP contribution in [0.4, 0.5) is 0 Å². The molecule has 0 aromatic carbocycles. The highest BCUT2D eigenvalue weighted by molar-refractivity contribution is 7.89. The summed E-state index contributed by atoms with van der Waals surface area (Å²) >= 11 is 0. The third-order valence-corrected chi connectivity index (χ3v) is 6.73. The Morgan fingerprint density at radius 2 is 1.91 bits per heavy atom. The van der Waals surface area contributed by atoms with Crippen LogP contribution < -0.4 is 0 Å². The van der Waals surface area contributed by atoms with Gasteiger partial charge in [-0.25, -0.2) is 8.42 Å². The molecular formula is C15H26N4O3S. The van der Waals surface area contributed by atoms with Gasteiger partial charge in [-0.1, -0.05) is 0 Å². The molecule has 2 rings (SSSR count). The van der Waals surface area contributed by atoms with Crippen LogP contribution in [0.25, 0.3) is 0 Å². The van der Waals surface area contributed by atoms with Crippen LogP contribution in [0.3, 0.4) is 0 Å². The molecular weight excluding hydrogens is 316 g/mol. The molecule has 130 valence electrons. The predicted octanol–water partition coefficient (Wildman–Crippen LogP) is 1.06. The molecule has 0 spiro atoms. The zero-order valence-electron chi connectivity index (χ0n) is 14.5. The Bertz CT molecular complexity index is 692. The van der Waals surface area contributed by atoms with Crippen molar-refractivity contribution in [3.63, 3.8) is 0 Å². The quantitative estimate of drug-likeness (QED) is 0.802. The zero-order valence-corrected chi connectivity index (χ0v) is 15.4. The number of aromatic nitrogens is 2. The van der Waals surface area contributed by atoms with E-state index in [1.165, 1.54) is 4.31 Å². The smallest absolute Gasteiger partial charge is 0.247 e. The molecule has 8 heteroatoms. The molecule has 0 bridgehead atoms. The highest BCUT2D eigenvalue weighted by Gasteiger charge is 2.42. The van der Waals surface area contributed by atoms with Gasteiger partial charge in [0.15, 0.2) is 0 Å². The minimum atomic E-state index is -3.72. The van der Waals surface area contributed by atoms with E-state index in [0.717, 1.165) is 0 Å². The van der Waals surface area contributed by atoms with E-state index < -0.39 is 16.1 Å². The fourth-order valence-electron chi connectivity index (χ4n) is 3.27. The van der Waals surface area contributed by atoms with Crippen molar-refractivity contribution in [3.05, 3.63) is 11.4 Å². The van der Waals surface area contributed by atoms with Crippen molar-refractivity contribution in [1.82, 2.24) is 19.0 Å². The Kier molecular flexibility index (Phi) is 5.15. The first-order valence-electron chi connectivity index (χ1n) is 8.06. The monoisotopic (exact) mass is 342 g/mol. The number of carbonyl (C=O) groups excluding carboxylic acids is 1. The van der Waals surface area contributed by atoms with E-state index >= 15 is 0 Å². The van der Waals surface area contributed by atoms with Crippen molar-refractivity contribution >= 4 is 15.9 Å². The third kappa shape index (κ3) is 3.01. The number of rotatable bonds is 5. The topological polar surface area (TPSA) is 75.5 Å². The number of carbonyl (C=O) groups is 1. The van der Waals surface area contributed by atoms with Crippen molar-refractivity contribution in [2.75, 3.05) is 19.6 Å². The van der Waals surface area contributed by atoms with Crippen LogP contribution in [0.1, 0.15) is 38.1 Å². The molecule has 7 nitrogen and oxygen atoms in total. The third-order valence-electron chi connectivity index (χ3n) is 4.57. The molecule has 0 N–H and O–H groups in total. The molecule has 1 aromatic rings. The second-order valence-electron chi connectivity index (χ2n) is 5.91. The summed E-state index contributed by atoms with van der Waals surface area (Å²) in [5.41, 5.74) is 1.08. The fraction of sp³-hybridized carbons (Fsp3) is 0.733. The van der Waals surface area contributed by atoms with Gasteiger partial charge in [-0.3, -0.25) is 9.48 Å². The number of aryl methyl sites for hydroxylation is 2. The van der Waals surface area contributed by atoms with E-state index in [1.54, 1.807) is 30.5 Å². The van der Waals surface area contributed by atoms with Crippen LogP contribution >= 0.6 is 0 Å². The summed E-state index contributed by atoms with van der Waals surface area (Å²) in [5, 5.41) is 4.20. The Balaban J connectivity index is 2.41. The van der Waals surface area contributed by atoms with Gasteiger partial charge in [0, 0.05) is 26.7 Å². The summed E-state index contributed by atoms with van der Waals surface area (Å²) in [4.78, 5) is 14.6. The van der Waals surface area contributed by atoms with Gasteiger partial charge < -0.3 is 4.90 Å². The molecule has 0 saturated carbocycles. The SMILES string of the molecule is CCN(CC)C(=O)C1CCCN1S(=O)(=O)c1c(C)nn(C)c1C. The molecule has 23 heavy (non-hydrogen) atoms. The van der Waals surface area contributed by atoms with Gasteiger partial charge in [-0.2, -0.15) is 9.40 Å². The van der Waals surface area contributed by atoms with Crippen molar-refractivity contribution in [1.29, 1.82) is 0 Å². The maximum Gasteiger partial charge on any atom is 0.247 e. The van der Waals surface area contributed by atoms with Gasteiger partial charge in [0.2, 0.25) is 15.9 Å². The van der Waals surface area contributed by atoms with Crippen LogP contribution in [0, 0.1) is 13.8 Å². The van der Waals surface area contributed by atoms with Gasteiger partial charge in [0.05, 0.1) is 11.4 Å². The highest BCUT2D eigenvalue weighted by atomic mass is 32.2. The first kappa shape index (κ1) is 17.9. The summed E-state index contributed by atoms with van der Waals surface area (Å²) in [5.74, 6) is -0.102. The average Bonchev–Trinajstić information content (AvgIpc) is 3.06. The molecule has 2 heterocycles. The summed E-state index contributed by atoms with van der Waals surface area (Å²) in [6.07, 6.45) is 1.28. The van der Waals surface area contributed by atoms with E-state index in [1.807, 2.05) is 13.8 Å². The van der Waals surface area contributed by atoms with E-state index in [0.29, 0.717) is 43.9 Å². The van der Waals surface area contributed by atoms with Crippen molar-refractivity contribution in [3.8, 4) is 0 Å². The van der Waals surface area contributed by atoms with Crippen molar-refractivity contribution < 1.29 is 13.2 Å². The van der Waals surface area contributed by atoms with E-state index in [2.05, 4.69) is 5.10 Å². The van der Waals surface area contributed by atoms with Gasteiger partial charge >= 0.3 is 0 Å². The summed E-state index contributed by atoms with van der Waals surface area (Å²) in [7, 11) is -1.99. The zero-order chi connectivity index (χ0) is 17.4. The molecule has 1 saturated heterocycles. The van der Waals surface area contributed by atoms with Crippen LogP contribution in [0.5, 0.6) is 0 Å². The largest absolute Gasteiger partial charge is 0.342 e. The lowest BCUT2D eigenvalue weighted by molar-refractivity contribution is -0.134. The minimum absolute atomic E-state index is 0.102. The summed E-state index contributed by atoms with van der Waals surface area (Å²) in [6.45, 7) is 8.81. The van der Waals surface area contributed by atoms with E-state index in [-0.39, 0.29) is 10.8 Å². The Hall–Kier alpha value is -1.41. The maximum absolute atomic E-state index is 13.1. The van der Waals surface area contributed by atoms with Crippen LogP contribution in [0.2, 0.25) is 0 Å². The predicted molar refractivity (Wildman–Crippen MR) is 87.5 cm³/mol. The van der Waals surface area contributed by atoms with E-state index in [9.17, 15) is 13.2 Å². The number of nitrogens with zero attached hydrogens (tertiary/aromatic N) is 4. The number of sulfonamides is 1. The van der Waals surface area contributed by atoms with Gasteiger partial charge in [0.25, 0.3) is 0 Å². The Labute approximate surface area is 138 Å². The molecule has 0 radical (unpaired) electrons. The summed E-state index contributed by atoms with van der Waals surface area (Å²) in [6, 6.07) is -0.598. The molecule has 1 fully saturated rings. The number of likely N-dealkylation sites (N-methyl/N-ethyl adjacent to an activating group) is 1. The lowest BCUT2D eigenvalue weighted by atomic mass is 10.2. The molecule has 0 aliphatic carbocycles. The first-order chi connectivity index (χ1) is 10.8. The average molecular weight is 342 g/mol. The molecule has 1 aromatic heterocycles. The van der Waals surface area contributed by atoms with Gasteiger partial charge in [-0.15, -0.1) is 0 Å². The van der Waals surface area contributed by atoms with Gasteiger partial charge in [0.1, 0.15) is 10.9 Å². The highest BCUT2D eigenvalue weighted by Crippen LogP contribution is 2.30. The Morgan fingerprint density at radius 1 is 1.30 bits per heavy atom. The number of amides is 1. The van der Waals surface area contributed by atoms with Crippen LogP contribution in [0.15, 0.2) is 4.90 Å². The van der Waals surface area contributed by atoms with Crippen LogP contribution in [-0.2, 0) is 21.9 Å². The second-order valence-corrected chi connectivity index (χ2v) is 7.74. The van der Waals surface area contributed by atoms with Crippen molar-refractivity contribution in [2.45, 2.75) is 51.5 Å². The molecule has 1 amide bonds. The lowest BCUT2D eigenvalue weighted by Crippen LogP contribution is -2.47. The van der Waals surface area contributed by atoms with Gasteiger partial charge in [-0.05, 0) is 40.5 Å². The normalized spacial score (nSPS) is 19.3. The molecule has 1 aliphatic heterocycles. The second kappa shape index (κ2) is 6.60. The Morgan fingerprint density at radius 3 is 2.39 bits per heavy atom. The number of hydrogen-bond acceptors (Lipinski definition) is 4. The first-order valence-corrected chi connectivity index (χ1v) is 9.50. The summed E-state index contributed by atoms with van der Waals surface area (Å²) < 4.78 is 29.1. The minimum Gasteiger partial charge on any atom is -0.342 e. The number of hydrogen-bond donors (Lipinski definition) is 0. The molecule has 1 atom stereocenters. The molecule has 1 unspecified atom stereocenters. The standard InChI is InChI=1S/C15H26N4O3S/c1-6-18(7-2)15(20)13-9-8-10-19(13)23(21,22)14-11(3)16-17(5)12(14)4/h13H,6-10H2,1-5H3.